The number of hydrogen-bond donors (Lipinski definition) is 0. The van der Waals surface area contributed by atoms with E-state index in [1.165, 1.54) is 90.5 Å². The minimum absolute atomic E-state index is 0.520. The number of rotatable bonds is 3. The molecule has 116 valence electrons. The van der Waals surface area contributed by atoms with Crippen LogP contribution in [0.5, 0.6) is 0 Å². The van der Waals surface area contributed by atoms with Gasteiger partial charge in [-0.05, 0) is 64.6 Å². The zero-order valence-corrected chi connectivity index (χ0v) is 13.1. The van der Waals surface area contributed by atoms with Crippen LogP contribution in [-0.2, 0) is 4.74 Å². The van der Waals surface area contributed by atoms with E-state index in [1.807, 2.05) is 0 Å². The average molecular weight is 280 g/mol. The first kappa shape index (κ1) is 14.8. The molecule has 0 saturated carbocycles. The van der Waals surface area contributed by atoms with Gasteiger partial charge < -0.3 is 4.74 Å². The van der Waals surface area contributed by atoms with Crippen LogP contribution in [0.25, 0.3) is 0 Å². The third-order valence-corrected chi connectivity index (χ3v) is 5.37. The Kier molecular flexibility index (Phi) is 5.75. The van der Waals surface area contributed by atoms with E-state index in [1.54, 1.807) is 0 Å². The fourth-order valence-electron chi connectivity index (χ4n) is 4.19. The minimum Gasteiger partial charge on any atom is -0.377 e. The summed E-state index contributed by atoms with van der Waals surface area (Å²) in [6.07, 6.45) is 13.0. The van der Waals surface area contributed by atoms with Crippen molar-refractivity contribution in [1.29, 1.82) is 0 Å². The van der Waals surface area contributed by atoms with Crippen molar-refractivity contribution < 1.29 is 4.74 Å². The lowest BCUT2D eigenvalue weighted by Gasteiger charge is -2.40. The quantitative estimate of drug-likeness (QED) is 0.790. The predicted octanol–water partition coefficient (Wildman–Crippen LogP) is 2.90. The Morgan fingerprint density at radius 3 is 2.40 bits per heavy atom. The van der Waals surface area contributed by atoms with Gasteiger partial charge in [0, 0.05) is 25.7 Å². The summed E-state index contributed by atoms with van der Waals surface area (Å²) >= 11 is 0. The summed E-state index contributed by atoms with van der Waals surface area (Å²) in [5.74, 6) is 0. The van der Waals surface area contributed by atoms with Gasteiger partial charge in [0.15, 0.2) is 0 Å². The van der Waals surface area contributed by atoms with Gasteiger partial charge in [-0.15, -0.1) is 0 Å². The van der Waals surface area contributed by atoms with Crippen LogP contribution in [0.2, 0.25) is 0 Å². The Morgan fingerprint density at radius 1 is 0.800 bits per heavy atom. The summed E-state index contributed by atoms with van der Waals surface area (Å²) in [5, 5.41) is 0. The SMILES string of the molecule is C1CCCN([C@H]2CCCN(C[C@H]3CCCCO3)C2)CC1. The first-order valence-corrected chi connectivity index (χ1v) is 9.00. The van der Waals surface area contributed by atoms with E-state index in [0.29, 0.717) is 6.10 Å². The van der Waals surface area contributed by atoms with Crippen LogP contribution in [0.4, 0.5) is 0 Å². The molecule has 3 heteroatoms. The van der Waals surface area contributed by atoms with Crippen molar-refractivity contribution in [3.63, 3.8) is 0 Å². The van der Waals surface area contributed by atoms with E-state index >= 15 is 0 Å². The van der Waals surface area contributed by atoms with Crippen LogP contribution in [-0.4, -0.2) is 61.3 Å². The third kappa shape index (κ3) is 4.19. The molecule has 3 nitrogen and oxygen atoms in total. The summed E-state index contributed by atoms with van der Waals surface area (Å²) in [6, 6.07) is 0.824. The van der Waals surface area contributed by atoms with Gasteiger partial charge >= 0.3 is 0 Å². The molecule has 3 saturated heterocycles. The second-order valence-corrected chi connectivity index (χ2v) is 6.99. The molecule has 0 aromatic heterocycles. The van der Waals surface area contributed by atoms with E-state index in [2.05, 4.69) is 9.80 Å². The fraction of sp³-hybridized carbons (Fsp3) is 1.00. The van der Waals surface area contributed by atoms with E-state index in [4.69, 9.17) is 4.74 Å². The van der Waals surface area contributed by atoms with E-state index in [0.717, 1.165) is 12.6 Å². The molecule has 0 radical (unpaired) electrons. The second-order valence-electron chi connectivity index (χ2n) is 6.99. The molecule has 0 aromatic rings. The Hall–Kier alpha value is -0.120. The van der Waals surface area contributed by atoms with Crippen molar-refractivity contribution in [2.75, 3.05) is 39.3 Å². The molecule has 3 aliphatic heterocycles. The van der Waals surface area contributed by atoms with Crippen molar-refractivity contribution in [3.05, 3.63) is 0 Å². The smallest absolute Gasteiger partial charge is 0.0702 e. The highest BCUT2D eigenvalue weighted by Crippen LogP contribution is 2.22. The summed E-state index contributed by atoms with van der Waals surface area (Å²) in [4.78, 5) is 5.48. The first-order chi connectivity index (χ1) is 9.92. The molecule has 0 amide bonds. The largest absolute Gasteiger partial charge is 0.377 e. The lowest BCUT2D eigenvalue weighted by atomic mass is 10.0. The Bertz CT molecular complexity index is 270. The van der Waals surface area contributed by atoms with Crippen molar-refractivity contribution in [2.24, 2.45) is 0 Å². The number of nitrogens with zero attached hydrogens (tertiary/aromatic N) is 2. The zero-order chi connectivity index (χ0) is 13.6. The Labute approximate surface area is 124 Å². The maximum atomic E-state index is 5.93. The monoisotopic (exact) mass is 280 g/mol. The number of hydrogen-bond acceptors (Lipinski definition) is 3. The van der Waals surface area contributed by atoms with Gasteiger partial charge in [0.05, 0.1) is 6.10 Å². The first-order valence-electron chi connectivity index (χ1n) is 9.00. The van der Waals surface area contributed by atoms with E-state index < -0.39 is 0 Å². The summed E-state index contributed by atoms with van der Waals surface area (Å²) in [5.41, 5.74) is 0. The van der Waals surface area contributed by atoms with Gasteiger partial charge in [0.1, 0.15) is 0 Å². The highest BCUT2D eigenvalue weighted by Gasteiger charge is 2.27. The van der Waals surface area contributed by atoms with Gasteiger partial charge in [-0.25, -0.2) is 0 Å². The molecule has 0 bridgehead atoms. The lowest BCUT2D eigenvalue weighted by molar-refractivity contribution is -0.0167. The van der Waals surface area contributed by atoms with Crippen LogP contribution >= 0.6 is 0 Å². The van der Waals surface area contributed by atoms with Crippen LogP contribution in [0.3, 0.4) is 0 Å². The molecular weight excluding hydrogens is 248 g/mol. The molecule has 0 spiro atoms. The minimum atomic E-state index is 0.520. The second kappa shape index (κ2) is 7.77. The lowest BCUT2D eigenvalue weighted by Crippen LogP contribution is -2.50. The highest BCUT2D eigenvalue weighted by atomic mass is 16.5. The van der Waals surface area contributed by atoms with Gasteiger partial charge in [0.2, 0.25) is 0 Å². The van der Waals surface area contributed by atoms with Crippen molar-refractivity contribution >= 4 is 0 Å². The fourth-order valence-corrected chi connectivity index (χ4v) is 4.19. The summed E-state index contributed by atoms with van der Waals surface area (Å²) in [6.45, 7) is 7.46. The molecule has 3 fully saturated rings. The van der Waals surface area contributed by atoms with Crippen LogP contribution in [0, 0.1) is 0 Å². The van der Waals surface area contributed by atoms with E-state index in [-0.39, 0.29) is 0 Å². The van der Waals surface area contributed by atoms with Gasteiger partial charge in [-0.3, -0.25) is 9.80 Å². The molecule has 0 aromatic carbocycles. The van der Waals surface area contributed by atoms with Gasteiger partial charge in [0.25, 0.3) is 0 Å². The zero-order valence-electron chi connectivity index (χ0n) is 13.1. The molecular formula is C17H32N2O. The van der Waals surface area contributed by atoms with Crippen molar-refractivity contribution in [3.8, 4) is 0 Å². The molecule has 0 unspecified atom stereocenters. The van der Waals surface area contributed by atoms with Crippen LogP contribution < -0.4 is 0 Å². The average Bonchev–Trinajstić information content (AvgIpc) is 2.78. The van der Waals surface area contributed by atoms with Gasteiger partial charge in [-0.1, -0.05) is 12.8 Å². The van der Waals surface area contributed by atoms with Gasteiger partial charge in [-0.2, -0.15) is 0 Å². The number of ether oxygens (including phenoxy) is 1. The van der Waals surface area contributed by atoms with E-state index in [9.17, 15) is 0 Å². The summed E-state index contributed by atoms with van der Waals surface area (Å²) in [7, 11) is 0. The molecule has 3 rings (SSSR count). The summed E-state index contributed by atoms with van der Waals surface area (Å²) < 4.78 is 5.93. The highest BCUT2D eigenvalue weighted by molar-refractivity contribution is 4.83. The van der Waals surface area contributed by atoms with Crippen LogP contribution in [0.1, 0.15) is 57.8 Å². The molecule has 0 N–H and O–H groups in total. The normalized spacial score (nSPS) is 34.8. The molecule has 3 aliphatic rings. The topological polar surface area (TPSA) is 15.7 Å². The maximum Gasteiger partial charge on any atom is 0.0702 e. The molecule has 3 heterocycles. The predicted molar refractivity (Wildman–Crippen MR) is 83.1 cm³/mol. The van der Waals surface area contributed by atoms with Crippen molar-refractivity contribution in [2.45, 2.75) is 69.9 Å². The standard InChI is InChI=1S/C17H32N2O/c1-2-5-12-19(11-4-1)16-8-7-10-18(14-16)15-17-9-3-6-13-20-17/h16-17H,1-15H2/t16-,17+/m0/s1. The maximum absolute atomic E-state index is 5.93. The number of likely N-dealkylation sites (tertiary alicyclic amines) is 2. The Balaban J connectivity index is 1.47. The Morgan fingerprint density at radius 2 is 1.65 bits per heavy atom. The molecule has 0 aliphatic carbocycles. The molecule has 20 heavy (non-hydrogen) atoms. The third-order valence-electron chi connectivity index (χ3n) is 5.37. The number of piperidine rings is 1. The van der Waals surface area contributed by atoms with Crippen LogP contribution in [0.15, 0.2) is 0 Å². The van der Waals surface area contributed by atoms with Crippen molar-refractivity contribution in [1.82, 2.24) is 9.80 Å². The molecule has 2 atom stereocenters.